The highest BCUT2D eigenvalue weighted by Crippen LogP contribution is 2.28. The summed E-state index contributed by atoms with van der Waals surface area (Å²) < 4.78 is 5.93. The Balaban J connectivity index is 1.24. The van der Waals surface area contributed by atoms with E-state index in [0.717, 1.165) is 57.9 Å². The van der Waals surface area contributed by atoms with E-state index in [0.29, 0.717) is 24.5 Å². The summed E-state index contributed by atoms with van der Waals surface area (Å²) in [7, 11) is 0. The molecule has 0 aromatic heterocycles. The molecule has 0 aliphatic carbocycles. The van der Waals surface area contributed by atoms with Crippen LogP contribution in [0.3, 0.4) is 0 Å². The van der Waals surface area contributed by atoms with E-state index < -0.39 is 0 Å². The molecule has 2 heterocycles. The number of anilines is 1. The number of benzene rings is 2. The van der Waals surface area contributed by atoms with Crippen LogP contribution in [0.5, 0.6) is 11.5 Å². The summed E-state index contributed by atoms with van der Waals surface area (Å²) in [6.07, 6.45) is 2.27. The number of para-hydroxylation sites is 3. The van der Waals surface area contributed by atoms with Crippen LogP contribution in [0.1, 0.15) is 12.8 Å². The van der Waals surface area contributed by atoms with Gasteiger partial charge in [-0.1, -0.05) is 30.3 Å². The molecule has 2 saturated heterocycles. The minimum absolute atomic E-state index is 0.0179. The molecule has 3 N–H and O–H groups in total. The third-order valence-electron chi connectivity index (χ3n) is 6.07. The summed E-state index contributed by atoms with van der Waals surface area (Å²) in [5.74, 6) is 1.63. The molecule has 164 valence electrons. The molecule has 31 heavy (non-hydrogen) atoms. The van der Waals surface area contributed by atoms with Crippen LogP contribution in [0.4, 0.5) is 5.69 Å². The lowest BCUT2D eigenvalue weighted by molar-refractivity contribution is -1.00. The third kappa shape index (κ3) is 6.06. The van der Waals surface area contributed by atoms with Gasteiger partial charge in [-0.3, -0.25) is 9.59 Å². The SMILES string of the molecule is O=C(C[NH+]1CC[NH+](CC(=O)N2CCCC2)CC1)Nc1ccccc1Oc1ccccc1. The number of hydrogen-bond acceptors (Lipinski definition) is 3. The van der Waals surface area contributed by atoms with Crippen molar-refractivity contribution >= 4 is 17.5 Å². The van der Waals surface area contributed by atoms with Crippen LogP contribution in [-0.4, -0.2) is 69.1 Å². The van der Waals surface area contributed by atoms with Gasteiger partial charge in [-0.05, 0) is 37.1 Å². The van der Waals surface area contributed by atoms with Crippen LogP contribution >= 0.6 is 0 Å². The summed E-state index contributed by atoms with van der Waals surface area (Å²) in [6.45, 7) is 6.50. The summed E-state index contributed by atoms with van der Waals surface area (Å²) in [5, 5.41) is 3.01. The van der Waals surface area contributed by atoms with Crippen LogP contribution in [-0.2, 0) is 9.59 Å². The minimum Gasteiger partial charge on any atom is -0.455 e. The molecule has 2 aromatic carbocycles. The normalized spacial score (nSPS) is 21.0. The van der Waals surface area contributed by atoms with E-state index in [4.69, 9.17) is 4.74 Å². The Morgan fingerprint density at radius 3 is 2.16 bits per heavy atom. The van der Waals surface area contributed by atoms with Gasteiger partial charge < -0.3 is 24.8 Å². The first-order valence-electron chi connectivity index (χ1n) is 11.2. The van der Waals surface area contributed by atoms with E-state index in [1.54, 1.807) is 0 Å². The van der Waals surface area contributed by atoms with Gasteiger partial charge in [0, 0.05) is 13.1 Å². The van der Waals surface area contributed by atoms with Crippen molar-refractivity contribution in [2.75, 3.05) is 57.7 Å². The number of piperazine rings is 1. The van der Waals surface area contributed by atoms with E-state index in [1.807, 2.05) is 59.5 Å². The van der Waals surface area contributed by atoms with Gasteiger partial charge in [0.1, 0.15) is 31.9 Å². The monoisotopic (exact) mass is 424 g/mol. The van der Waals surface area contributed by atoms with Gasteiger partial charge in [0.15, 0.2) is 18.8 Å². The van der Waals surface area contributed by atoms with Gasteiger partial charge in [-0.2, -0.15) is 0 Å². The fraction of sp³-hybridized carbons (Fsp3) is 0.417. The van der Waals surface area contributed by atoms with E-state index >= 15 is 0 Å². The lowest BCUT2D eigenvalue weighted by Gasteiger charge is -2.30. The van der Waals surface area contributed by atoms with Crippen LogP contribution in [0, 0.1) is 0 Å². The largest absolute Gasteiger partial charge is 0.455 e. The molecule has 0 spiro atoms. The Labute approximate surface area is 183 Å². The molecule has 4 rings (SSSR count). The Bertz CT molecular complexity index is 875. The van der Waals surface area contributed by atoms with Crippen molar-refractivity contribution in [3.8, 4) is 11.5 Å². The number of carbonyl (C=O) groups excluding carboxylic acids is 2. The average Bonchev–Trinajstić information content (AvgIpc) is 3.32. The molecular formula is C24H32N4O3+2. The highest BCUT2D eigenvalue weighted by Gasteiger charge is 2.28. The highest BCUT2D eigenvalue weighted by molar-refractivity contribution is 5.93. The van der Waals surface area contributed by atoms with Gasteiger partial charge in [-0.25, -0.2) is 0 Å². The molecule has 2 aromatic rings. The molecule has 0 bridgehead atoms. The number of likely N-dealkylation sites (tertiary alicyclic amines) is 1. The second kappa shape index (κ2) is 10.4. The van der Waals surface area contributed by atoms with Gasteiger partial charge >= 0.3 is 0 Å². The smallest absolute Gasteiger partial charge is 0.279 e. The number of amides is 2. The van der Waals surface area contributed by atoms with Crippen LogP contribution < -0.4 is 19.9 Å². The number of carbonyl (C=O) groups is 2. The third-order valence-corrected chi connectivity index (χ3v) is 6.07. The molecule has 2 aliphatic rings. The van der Waals surface area contributed by atoms with E-state index in [2.05, 4.69) is 5.32 Å². The molecule has 2 fully saturated rings. The Morgan fingerprint density at radius 2 is 1.45 bits per heavy atom. The second-order valence-electron chi connectivity index (χ2n) is 8.40. The molecule has 0 radical (unpaired) electrons. The van der Waals surface area contributed by atoms with Crippen molar-refractivity contribution in [3.63, 3.8) is 0 Å². The zero-order chi connectivity index (χ0) is 21.5. The fourth-order valence-corrected chi connectivity index (χ4v) is 4.30. The second-order valence-corrected chi connectivity index (χ2v) is 8.40. The van der Waals surface area contributed by atoms with Gasteiger partial charge in [-0.15, -0.1) is 0 Å². The van der Waals surface area contributed by atoms with Crippen LogP contribution in [0.15, 0.2) is 54.6 Å². The van der Waals surface area contributed by atoms with Crippen molar-refractivity contribution in [1.29, 1.82) is 0 Å². The molecule has 7 heteroatoms. The van der Waals surface area contributed by atoms with Gasteiger partial charge in [0.2, 0.25) is 0 Å². The number of nitrogens with one attached hydrogen (secondary N) is 3. The predicted molar refractivity (Wildman–Crippen MR) is 119 cm³/mol. The molecule has 0 atom stereocenters. The summed E-state index contributed by atoms with van der Waals surface area (Å²) in [4.78, 5) is 29.6. The fourth-order valence-electron chi connectivity index (χ4n) is 4.30. The Morgan fingerprint density at radius 1 is 0.839 bits per heavy atom. The van der Waals surface area contributed by atoms with Crippen molar-refractivity contribution < 1.29 is 24.1 Å². The van der Waals surface area contributed by atoms with Crippen LogP contribution in [0.2, 0.25) is 0 Å². The van der Waals surface area contributed by atoms with Crippen molar-refractivity contribution in [3.05, 3.63) is 54.6 Å². The lowest BCUT2D eigenvalue weighted by Crippen LogP contribution is -3.28. The van der Waals surface area contributed by atoms with Crippen molar-refractivity contribution in [2.24, 2.45) is 0 Å². The Kier molecular flexibility index (Phi) is 7.17. The highest BCUT2D eigenvalue weighted by atomic mass is 16.5. The maximum atomic E-state index is 12.7. The van der Waals surface area contributed by atoms with Gasteiger partial charge in [0.25, 0.3) is 11.8 Å². The lowest BCUT2D eigenvalue weighted by atomic mass is 10.2. The molecule has 2 amide bonds. The summed E-state index contributed by atoms with van der Waals surface area (Å²) in [5.41, 5.74) is 0.677. The Hall–Kier alpha value is -2.90. The molecule has 2 aliphatic heterocycles. The summed E-state index contributed by atoms with van der Waals surface area (Å²) >= 11 is 0. The maximum Gasteiger partial charge on any atom is 0.279 e. The zero-order valence-corrected chi connectivity index (χ0v) is 17.9. The first kappa shape index (κ1) is 21.3. The quantitative estimate of drug-likeness (QED) is 0.578. The maximum absolute atomic E-state index is 12.7. The van der Waals surface area contributed by atoms with Crippen molar-refractivity contribution in [1.82, 2.24) is 4.90 Å². The van der Waals surface area contributed by atoms with Gasteiger partial charge in [0.05, 0.1) is 5.69 Å². The topological polar surface area (TPSA) is 67.5 Å². The van der Waals surface area contributed by atoms with E-state index in [-0.39, 0.29) is 11.8 Å². The summed E-state index contributed by atoms with van der Waals surface area (Å²) in [6, 6.07) is 17.0. The number of quaternary nitrogens is 2. The number of rotatable bonds is 7. The number of ether oxygens (including phenoxy) is 1. The molecule has 0 unspecified atom stereocenters. The predicted octanol–water partition coefficient (Wildman–Crippen LogP) is -0.177. The zero-order valence-electron chi connectivity index (χ0n) is 17.9. The number of hydrogen-bond donors (Lipinski definition) is 3. The van der Waals surface area contributed by atoms with E-state index in [1.165, 1.54) is 9.80 Å². The molecular weight excluding hydrogens is 392 g/mol. The van der Waals surface area contributed by atoms with Crippen LogP contribution in [0.25, 0.3) is 0 Å². The van der Waals surface area contributed by atoms with Crippen molar-refractivity contribution in [2.45, 2.75) is 12.8 Å². The molecule has 0 saturated carbocycles. The minimum atomic E-state index is -0.0179. The molecule has 7 nitrogen and oxygen atoms in total. The number of nitrogens with zero attached hydrogens (tertiary/aromatic N) is 1. The standard InChI is InChI=1S/C24H30N4O3/c29-23(25-21-10-4-5-11-22(21)31-20-8-2-1-3-9-20)18-26-14-16-27(17-15-26)19-24(30)28-12-6-7-13-28/h1-5,8-11H,6-7,12-19H2,(H,25,29)/p+2. The first-order chi connectivity index (χ1) is 15.2. The van der Waals surface area contributed by atoms with E-state index in [9.17, 15) is 9.59 Å². The first-order valence-corrected chi connectivity index (χ1v) is 11.2. The average molecular weight is 425 g/mol.